The van der Waals surface area contributed by atoms with Crippen LogP contribution >= 0.6 is 0 Å². The zero-order chi connectivity index (χ0) is 8.43. The minimum atomic E-state index is -1.15. The summed E-state index contributed by atoms with van der Waals surface area (Å²) in [5.41, 5.74) is 0. The Morgan fingerprint density at radius 2 is 2.36 bits per heavy atom. The lowest BCUT2D eigenvalue weighted by molar-refractivity contribution is -0.151. The molecule has 1 fully saturated rings. The van der Waals surface area contributed by atoms with Crippen LogP contribution in [0, 0.1) is 0 Å². The summed E-state index contributed by atoms with van der Waals surface area (Å²) in [6, 6.07) is 0. The van der Waals surface area contributed by atoms with Gasteiger partial charge in [0.05, 0.1) is 6.61 Å². The molecule has 0 spiro atoms. The van der Waals surface area contributed by atoms with Crippen LogP contribution in [-0.2, 0) is 9.53 Å². The average Bonchev–Trinajstić information content (AvgIpc) is 2.31. The molecule has 1 unspecified atom stereocenters. The smallest absolute Gasteiger partial charge is 0.335 e. The number of carbonyl (C=O) groups excluding carboxylic acids is 1. The number of aliphatic hydroxyl groups excluding tert-OH is 3. The van der Waals surface area contributed by atoms with Crippen LogP contribution in [0.1, 0.15) is 6.42 Å². The monoisotopic (exact) mass is 162 g/mol. The van der Waals surface area contributed by atoms with Crippen LogP contribution in [0.2, 0.25) is 0 Å². The largest absolute Gasteiger partial charge is 0.457 e. The Bertz CT molecular complexity index is 157. The van der Waals surface area contributed by atoms with E-state index in [9.17, 15) is 4.79 Å². The molecule has 1 rings (SSSR count). The molecule has 0 aliphatic carbocycles. The topological polar surface area (TPSA) is 87.0 Å². The minimum Gasteiger partial charge on any atom is -0.457 e. The highest BCUT2D eigenvalue weighted by molar-refractivity contribution is 5.76. The summed E-state index contributed by atoms with van der Waals surface area (Å²) in [7, 11) is 0. The normalized spacial score (nSPS) is 33.5. The third-order valence-corrected chi connectivity index (χ3v) is 1.61. The number of cyclic esters (lactones) is 1. The van der Waals surface area contributed by atoms with E-state index in [2.05, 4.69) is 4.74 Å². The van der Waals surface area contributed by atoms with E-state index in [4.69, 9.17) is 15.3 Å². The van der Waals surface area contributed by atoms with Gasteiger partial charge in [-0.15, -0.1) is 0 Å². The second-order valence-corrected chi connectivity index (χ2v) is 2.48. The van der Waals surface area contributed by atoms with Gasteiger partial charge in [0.15, 0.2) is 6.10 Å². The molecular weight excluding hydrogens is 152 g/mol. The van der Waals surface area contributed by atoms with E-state index >= 15 is 0 Å². The summed E-state index contributed by atoms with van der Waals surface area (Å²) in [4.78, 5) is 10.5. The maximum absolute atomic E-state index is 10.5. The van der Waals surface area contributed by atoms with E-state index in [1.807, 2.05) is 0 Å². The molecular formula is C6H10O5. The molecule has 11 heavy (non-hydrogen) atoms. The van der Waals surface area contributed by atoms with E-state index in [1.54, 1.807) is 0 Å². The fourth-order valence-electron chi connectivity index (χ4n) is 0.945. The summed E-state index contributed by atoms with van der Waals surface area (Å²) in [6.07, 6.45) is -2.94. The Morgan fingerprint density at radius 3 is 2.73 bits per heavy atom. The van der Waals surface area contributed by atoms with Gasteiger partial charge in [0.25, 0.3) is 0 Å². The Morgan fingerprint density at radius 1 is 1.73 bits per heavy atom. The maximum atomic E-state index is 10.5. The van der Waals surface area contributed by atoms with Crippen molar-refractivity contribution in [2.24, 2.45) is 0 Å². The molecule has 0 radical (unpaired) electrons. The number of hydrogen-bond acceptors (Lipinski definition) is 5. The van der Waals surface area contributed by atoms with Crippen molar-refractivity contribution in [1.82, 2.24) is 0 Å². The highest BCUT2D eigenvalue weighted by Crippen LogP contribution is 2.17. The molecule has 0 bridgehead atoms. The number of hydrogen-bond donors (Lipinski definition) is 3. The van der Waals surface area contributed by atoms with E-state index < -0.39 is 30.9 Å². The fourth-order valence-corrected chi connectivity index (χ4v) is 0.945. The van der Waals surface area contributed by atoms with Gasteiger partial charge in [-0.05, 0) is 0 Å². The van der Waals surface area contributed by atoms with Crippen molar-refractivity contribution < 1.29 is 24.9 Å². The average molecular weight is 162 g/mol. The Kier molecular flexibility index (Phi) is 2.43. The predicted octanol–water partition coefficient (Wildman–Crippen LogP) is -1.98. The summed E-state index contributed by atoms with van der Waals surface area (Å²) in [6.45, 7) is -0.468. The van der Waals surface area contributed by atoms with Crippen LogP contribution in [0.15, 0.2) is 0 Å². The second kappa shape index (κ2) is 3.17. The summed E-state index contributed by atoms with van der Waals surface area (Å²) >= 11 is 0. The third-order valence-electron chi connectivity index (χ3n) is 1.61. The first-order valence-corrected chi connectivity index (χ1v) is 3.32. The Labute approximate surface area is 63.2 Å². The van der Waals surface area contributed by atoms with E-state index in [0.29, 0.717) is 0 Å². The highest BCUT2D eigenvalue weighted by atomic mass is 16.6. The van der Waals surface area contributed by atoms with Crippen molar-refractivity contribution in [1.29, 1.82) is 0 Å². The van der Waals surface area contributed by atoms with Gasteiger partial charge in [0.1, 0.15) is 12.2 Å². The summed E-state index contributed by atoms with van der Waals surface area (Å²) < 4.78 is 4.53. The zero-order valence-corrected chi connectivity index (χ0v) is 5.80. The number of aliphatic hydroxyl groups is 3. The summed E-state index contributed by atoms with van der Waals surface area (Å²) in [5, 5.41) is 26.2. The van der Waals surface area contributed by atoms with Crippen LogP contribution < -0.4 is 0 Å². The van der Waals surface area contributed by atoms with Gasteiger partial charge < -0.3 is 20.1 Å². The maximum Gasteiger partial charge on any atom is 0.335 e. The molecule has 3 atom stereocenters. The van der Waals surface area contributed by atoms with Crippen molar-refractivity contribution in [2.45, 2.75) is 24.7 Å². The number of rotatable bonds is 2. The van der Waals surface area contributed by atoms with Gasteiger partial charge >= 0.3 is 5.97 Å². The van der Waals surface area contributed by atoms with E-state index in [0.717, 1.165) is 0 Å². The van der Waals surface area contributed by atoms with Crippen LogP contribution in [0.25, 0.3) is 0 Å². The van der Waals surface area contributed by atoms with Crippen LogP contribution in [0.3, 0.4) is 0 Å². The van der Waals surface area contributed by atoms with E-state index in [1.165, 1.54) is 0 Å². The fraction of sp³-hybridized carbons (Fsp3) is 0.833. The molecule has 0 saturated carbocycles. The van der Waals surface area contributed by atoms with Gasteiger partial charge in [-0.1, -0.05) is 0 Å². The predicted molar refractivity (Wildman–Crippen MR) is 33.6 cm³/mol. The van der Waals surface area contributed by atoms with Crippen molar-refractivity contribution >= 4 is 5.97 Å². The minimum absolute atomic E-state index is 0.0561. The van der Waals surface area contributed by atoms with E-state index in [-0.39, 0.29) is 6.42 Å². The molecule has 5 nitrogen and oxygen atoms in total. The molecule has 0 aromatic rings. The molecule has 5 heteroatoms. The third kappa shape index (κ3) is 1.68. The molecule has 0 aromatic carbocycles. The van der Waals surface area contributed by atoms with Crippen molar-refractivity contribution in [3.63, 3.8) is 0 Å². The molecule has 0 amide bonds. The molecule has 0 aromatic heterocycles. The van der Waals surface area contributed by atoms with Gasteiger partial charge in [0, 0.05) is 6.42 Å². The molecule has 3 N–H and O–H groups in total. The Balaban J connectivity index is 2.46. The van der Waals surface area contributed by atoms with Crippen molar-refractivity contribution in [3.8, 4) is 0 Å². The first-order valence-electron chi connectivity index (χ1n) is 3.32. The molecule has 1 aliphatic heterocycles. The zero-order valence-electron chi connectivity index (χ0n) is 5.80. The molecule has 1 saturated heterocycles. The van der Waals surface area contributed by atoms with Gasteiger partial charge in [-0.25, -0.2) is 4.79 Å². The lowest BCUT2D eigenvalue weighted by atomic mass is 10.1. The number of carbonyl (C=O) groups is 1. The van der Waals surface area contributed by atoms with Gasteiger partial charge in [-0.2, -0.15) is 0 Å². The van der Waals surface area contributed by atoms with Crippen LogP contribution in [0.4, 0.5) is 0 Å². The van der Waals surface area contributed by atoms with Crippen molar-refractivity contribution in [3.05, 3.63) is 0 Å². The second-order valence-electron chi connectivity index (χ2n) is 2.48. The van der Waals surface area contributed by atoms with Crippen LogP contribution in [-0.4, -0.2) is 46.2 Å². The molecule has 64 valence electrons. The number of esters is 1. The van der Waals surface area contributed by atoms with Crippen LogP contribution in [0.5, 0.6) is 0 Å². The molecule has 1 heterocycles. The van der Waals surface area contributed by atoms with Gasteiger partial charge in [-0.3, -0.25) is 0 Å². The first-order chi connectivity index (χ1) is 5.15. The standard InChI is InChI=1S/C6H10O5/c7-2-4(9)5-1-3(8)6(10)11-5/h3-5,7-9H,1-2H2/t3-,4?,5+/m0/s1. The lowest BCUT2D eigenvalue weighted by Crippen LogP contribution is -2.29. The first kappa shape index (κ1) is 8.45. The van der Waals surface area contributed by atoms with Gasteiger partial charge in [0.2, 0.25) is 0 Å². The lowest BCUT2D eigenvalue weighted by Gasteiger charge is -2.12. The highest BCUT2D eigenvalue weighted by Gasteiger charge is 2.36. The van der Waals surface area contributed by atoms with Crippen molar-refractivity contribution in [2.75, 3.05) is 6.61 Å². The quantitative estimate of drug-likeness (QED) is 0.409. The Hall–Kier alpha value is -0.650. The summed E-state index contributed by atoms with van der Waals surface area (Å²) in [5.74, 6) is -0.734. The molecule has 1 aliphatic rings. The number of ether oxygens (including phenoxy) is 1. The SMILES string of the molecule is O=C1O[C@@H](C(O)CO)C[C@@H]1O.